The van der Waals surface area contributed by atoms with Crippen LogP contribution in [0.5, 0.6) is 0 Å². The molecule has 1 aliphatic carbocycles. The van der Waals surface area contributed by atoms with Gasteiger partial charge in [0.2, 0.25) is 0 Å². The van der Waals surface area contributed by atoms with Gasteiger partial charge in [-0.3, -0.25) is 4.79 Å². The monoisotopic (exact) mass is 342 g/mol. The van der Waals surface area contributed by atoms with Crippen LogP contribution in [0.25, 0.3) is 0 Å². The predicted octanol–water partition coefficient (Wildman–Crippen LogP) is 3.65. The van der Waals surface area contributed by atoms with Crippen molar-refractivity contribution >= 4 is 11.9 Å². The van der Waals surface area contributed by atoms with Crippen LogP contribution in [0, 0.1) is 11.3 Å². The Labute approximate surface area is 149 Å². The molecule has 0 atom stereocenters. The summed E-state index contributed by atoms with van der Waals surface area (Å²) >= 11 is 0. The Bertz CT molecular complexity index is 653. The van der Waals surface area contributed by atoms with Gasteiger partial charge in [0, 0.05) is 7.05 Å². The molecule has 1 aromatic carbocycles. The molecule has 1 aromatic rings. The molecule has 0 aliphatic heterocycles. The molecule has 0 saturated heterocycles. The van der Waals surface area contributed by atoms with Crippen molar-refractivity contribution in [3.05, 3.63) is 35.4 Å². The molecule has 1 amide bonds. The summed E-state index contributed by atoms with van der Waals surface area (Å²) in [6.45, 7) is 3.82. The molecule has 134 valence electrons. The van der Waals surface area contributed by atoms with E-state index in [1.165, 1.54) is 4.90 Å². The molecule has 25 heavy (non-hydrogen) atoms. The van der Waals surface area contributed by atoms with Crippen molar-refractivity contribution in [2.75, 3.05) is 13.7 Å². The maximum Gasteiger partial charge on any atom is 0.338 e. The van der Waals surface area contributed by atoms with Crippen LogP contribution in [-0.2, 0) is 9.53 Å². The zero-order valence-electron chi connectivity index (χ0n) is 15.2. The minimum atomic E-state index is -0.763. The van der Waals surface area contributed by atoms with Gasteiger partial charge in [-0.15, -0.1) is 0 Å². The average molecular weight is 342 g/mol. The highest BCUT2D eigenvalue weighted by Gasteiger charge is 2.39. The molecule has 1 saturated carbocycles. The van der Waals surface area contributed by atoms with Gasteiger partial charge in [0.15, 0.2) is 6.61 Å². The minimum Gasteiger partial charge on any atom is -0.452 e. The molecule has 1 aliphatic rings. The van der Waals surface area contributed by atoms with E-state index in [-0.39, 0.29) is 12.5 Å². The quantitative estimate of drug-likeness (QED) is 0.766. The zero-order valence-corrected chi connectivity index (χ0v) is 15.2. The van der Waals surface area contributed by atoms with Gasteiger partial charge in [0.1, 0.15) is 5.54 Å². The van der Waals surface area contributed by atoms with Crippen molar-refractivity contribution in [2.24, 2.45) is 0 Å². The van der Waals surface area contributed by atoms with Crippen LogP contribution < -0.4 is 0 Å². The van der Waals surface area contributed by atoms with Gasteiger partial charge in [-0.2, -0.15) is 5.26 Å². The van der Waals surface area contributed by atoms with E-state index in [1.54, 1.807) is 19.2 Å². The Balaban J connectivity index is 1.94. The molecule has 5 nitrogen and oxygen atoms in total. The van der Waals surface area contributed by atoms with Gasteiger partial charge >= 0.3 is 5.97 Å². The third kappa shape index (κ3) is 4.39. The van der Waals surface area contributed by atoms with Crippen molar-refractivity contribution in [3.8, 4) is 6.07 Å². The molecule has 0 aromatic heterocycles. The number of likely N-dealkylation sites (N-methyl/N-ethyl adjacent to an activating group) is 1. The number of nitrogens with zero attached hydrogens (tertiary/aromatic N) is 2. The van der Waals surface area contributed by atoms with Crippen LogP contribution in [-0.4, -0.2) is 36.0 Å². The summed E-state index contributed by atoms with van der Waals surface area (Å²) in [6.07, 6.45) is 4.32. The number of amides is 1. The van der Waals surface area contributed by atoms with E-state index in [0.717, 1.165) is 24.8 Å². The van der Waals surface area contributed by atoms with E-state index < -0.39 is 11.5 Å². The molecule has 0 radical (unpaired) electrons. The fraction of sp³-hybridized carbons (Fsp3) is 0.550. The number of ether oxygens (including phenoxy) is 1. The fourth-order valence-electron chi connectivity index (χ4n) is 3.21. The largest absolute Gasteiger partial charge is 0.452 e. The number of carbonyl (C=O) groups is 2. The maximum absolute atomic E-state index is 12.4. The number of hydrogen-bond donors (Lipinski definition) is 0. The van der Waals surface area contributed by atoms with Crippen LogP contribution in [0.3, 0.4) is 0 Å². The standard InChI is InChI=1S/C20H26N2O3/c1-15(2)16-7-9-17(10-8-16)19(24)25-13-18(23)22(3)20(14-21)11-5-4-6-12-20/h7-10,15H,4-6,11-13H2,1-3H3. The summed E-state index contributed by atoms with van der Waals surface area (Å²) in [4.78, 5) is 26.0. The summed E-state index contributed by atoms with van der Waals surface area (Å²) in [5.41, 5.74) is 0.800. The molecule has 0 spiro atoms. The van der Waals surface area contributed by atoms with Crippen molar-refractivity contribution in [1.82, 2.24) is 4.90 Å². The second-order valence-electron chi connectivity index (χ2n) is 7.01. The van der Waals surface area contributed by atoms with Crippen LogP contribution in [0.2, 0.25) is 0 Å². The lowest BCUT2D eigenvalue weighted by molar-refractivity contribution is -0.138. The zero-order chi connectivity index (χ0) is 18.4. The predicted molar refractivity (Wildman–Crippen MR) is 95.0 cm³/mol. The number of nitriles is 1. The first-order valence-corrected chi connectivity index (χ1v) is 8.84. The van der Waals surface area contributed by atoms with Crippen molar-refractivity contribution in [1.29, 1.82) is 5.26 Å². The number of esters is 1. The Morgan fingerprint density at radius 2 is 1.80 bits per heavy atom. The van der Waals surface area contributed by atoms with Gasteiger partial charge in [0.05, 0.1) is 11.6 Å². The van der Waals surface area contributed by atoms with Crippen LogP contribution in [0.4, 0.5) is 0 Å². The van der Waals surface area contributed by atoms with E-state index in [1.807, 2.05) is 12.1 Å². The number of hydrogen-bond acceptors (Lipinski definition) is 4. The highest BCUT2D eigenvalue weighted by atomic mass is 16.5. The molecular weight excluding hydrogens is 316 g/mol. The smallest absolute Gasteiger partial charge is 0.338 e. The fourth-order valence-corrected chi connectivity index (χ4v) is 3.21. The molecule has 1 fully saturated rings. The molecule has 2 rings (SSSR count). The van der Waals surface area contributed by atoms with Gasteiger partial charge < -0.3 is 9.64 Å². The summed E-state index contributed by atoms with van der Waals surface area (Å²) in [6, 6.07) is 9.50. The van der Waals surface area contributed by atoms with Gasteiger partial charge in [-0.05, 0) is 36.5 Å². The Hall–Kier alpha value is -2.35. The first-order valence-electron chi connectivity index (χ1n) is 8.84. The van der Waals surface area contributed by atoms with Gasteiger partial charge in [-0.25, -0.2) is 4.79 Å². The third-order valence-corrected chi connectivity index (χ3v) is 5.04. The van der Waals surface area contributed by atoms with Crippen molar-refractivity contribution in [2.45, 2.75) is 57.4 Å². The van der Waals surface area contributed by atoms with E-state index in [0.29, 0.717) is 24.3 Å². The Kier molecular flexibility index (Phi) is 6.19. The normalized spacial score (nSPS) is 16.1. The first-order chi connectivity index (χ1) is 11.9. The van der Waals surface area contributed by atoms with Crippen LogP contribution in [0.15, 0.2) is 24.3 Å². The summed E-state index contributed by atoms with van der Waals surface area (Å²) in [5.74, 6) is -0.472. The minimum absolute atomic E-state index is 0.337. The van der Waals surface area contributed by atoms with E-state index in [2.05, 4.69) is 19.9 Å². The van der Waals surface area contributed by atoms with Crippen LogP contribution in [0.1, 0.15) is 67.8 Å². The SMILES string of the molecule is CC(C)c1ccc(C(=O)OCC(=O)N(C)C2(C#N)CCCCC2)cc1. The third-order valence-electron chi connectivity index (χ3n) is 5.04. The summed E-state index contributed by atoms with van der Waals surface area (Å²) in [5, 5.41) is 9.54. The average Bonchev–Trinajstić information content (AvgIpc) is 2.65. The molecule has 0 bridgehead atoms. The summed E-state index contributed by atoms with van der Waals surface area (Å²) < 4.78 is 5.15. The molecular formula is C20H26N2O3. The second-order valence-corrected chi connectivity index (χ2v) is 7.01. The molecule has 5 heteroatoms. The number of carbonyl (C=O) groups excluding carboxylic acids is 2. The Morgan fingerprint density at radius 3 is 2.32 bits per heavy atom. The first kappa shape index (κ1) is 19.0. The van der Waals surface area contributed by atoms with Gasteiger partial charge in [-0.1, -0.05) is 45.2 Å². The second kappa shape index (κ2) is 8.15. The number of rotatable bonds is 5. The van der Waals surface area contributed by atoms with Crippen LogP contribution >= 0.6 is 0 Å². The lowest BCUT2D eigenvalue weighted by atomic mass is 9.81. The van der Waals surface area contributed by atoms with E-state index >= 15 is 0 Å². The topological polar surface area (TPSA) is 70.4 Å². The summed E-state index contributed by atoms with van der Waals surface area (Å²) in [7, 11) is 1.63. The highest BCUT2D eigenvalue weighted by Crippen LogP contribution is 2.32. The Morgan fingerprint density at radius 1 is 1.20 bits per heavy atom. The molecule has 0 heterocycles. The van der Waals surface area contributed by atoms with Gasteiger partial charge in [0.25, 0.3) is 5.91 Å². The van der Waals surface area contributed by atoms with E-state index in [9.17, 15) is 14.9 Å². The molecule has 0 unspecified atom stereocenters. The highest BCUT2D eigenvalue weighted by molar-refractivity contribution is 5.91. The maximum atomic E-state index is 12.4. The van der Waals surface area contributed by atoms with Crippen molar-refractivity contribution in [3.63, 3.8) is 0 Å². The lowest BCUT2D eigenvalue weighted by Gasteiger charge is -2.38. The lowest BCUT2D eigenvalue weighted by Crippen LogP contribution is -2.51. The molecule has 0 N–H and O–H groups in total. The van der Waals surface area contributed by atoms with E-state index in [4.69, 9.17) is 4.74 Å². The van der Waals surface area contributed by atoms with Crippen molar-refractivity contribution < 1.29 is 14.3 Å². The number of benzene rings is 1.